The van der Waals surface area contributed by atoms with Crippen LogP contribution in [0.25, 0.3) is 0 Å². The summed E-state index contributed by atoms with van der Waals surface area (Å²) in [5, 5.41) is 14.6. The van der Waals surface area contributed by atoms with Crippen molar-refractivity contribution in [2.24, 2.45) is 5.92 Å². The lowest BCUT2D eigenvalue weighted by molar-refractivity contribution is -0.120. The van der Waals surface area contributed by atoms with Crippen LogP contribution in [0.3, 0.4) is 0 Å². The third kappa shape index (κ3) is 5.27. The summed E-state index contributed by atoms with van der Waals surface area (Å²) in [6.07, 6.45) is -0.591. The standard InChI is InChI=1S/C14H21N3O3/c1-9(2)12(18)7-16-13(19)8-17-14(20)10-3-5-11(15)6-4-10/h3-6,9,12,18H,7-8,15H2,1-2H3,(H,16,19)(H,17,20). The van der Waals surface area contributed by atoms with Crippen molar-refractivity contribution in [3.63, 3.8) is 0 Å². The maximum absolute atomic E-state index is 11.7. The molecule has 1 aromatic rings. The van der Waals surface area contributed by atoms with Crippen LogP contribution in [-0.2, 0) is 4.79 Å². The van der Waals surface area contributed by atoms with Gasteiger partial charge in [-0.2, -0.15) is 0 Å². The summed E-state index contributed by atoms with van der Waals surface area (Å²) in [7, 11) is 0. The number of rotatable bonds is 6. The molecule has 1 aromatic carbocycles. The molecule has 0 aliphatic carbocycles. The van der Waals surface area contributed by atoms with E-state index in [1.165, 1.54) is 0 Å². The summed E-state index contributed by atoms with van der Waals surface area (Å²) in [4.78, 5) is 23.2. The maximum Gasteiger partial charge on any atom is 0.251 e. The van der Waals surface area contributed by atoms with Gasteiger partial charge in [0.1, 0.15) is 0 Å². The molecule has 0 radical (unpaired) electrons. The minimum absolute atomic E-state index is 0.0691. The first-order valence-electron chi connectivity index (χ1n) is 6.48. The van der Waals surface area contributed by atoms with E-state index in [9.17, 15) is 14.7 Å². The summed E-state index contributed by atoms with van der Waals surface area (Å²) in [6.45, 7) is 3.77. The number of carbonyl (C=O) groups excluding carboxylic acids is 2. The molecule has 6 heteroatoms. The minimum Gasteiger partial charge on any atom is -0.399 e. The molecular formula is C14H21N3O3. The lowest BCUT2D eigenvalue weighted by atomic mass is 10.1. The molecule has 1 unspecified atom stereocenters. The minimum atomic E-state index is -0.591. The largest absolute Gasteiger partial charge is 0.399 e. The fourth-order valence-electron chi connectivity index (χ4n) is 1.41. The van der Waals surface area contributed by atoms with Gasteiger partial charge in [-0.25, -0.2) is 0 Å². The molecule has 6 nitrogen and oxygen atoms in total. The van der Waals surface area contributed by atoms with E-state index < -0.39 is 6.10 Å². The normalized spacial score (nSPS) is 12.0. The Kier molecular flexibility index (Phi) is 5.99. The van der Waals surface area contributed by atoms with Gasteiger partial charge in [0.05, 0.1) is 12.6 Å². The van der Waals surface area contributed by atoms with Gasteiger partial charge in [-0.15, -0.1) is 0 Å². The predicted molar refractivity (Wildman–Crippen MR) is 77.0 cm³/mol. The molecule has 0 aliphatic rings. The van der Waals surface area contributed by atoms with Gasteiger partial charge < -0.3 is 21.5 Å². The number of aliphatic hydroxyl groups excluding tert-OH is 1. The Labute approximate surface area is 118 Å². The molecule has 20 heavy (non-hydrogen) atoms. The molecule has 0 aromatic heterocycles. The average Bonchev–Trinajstić information content (AvgIpc) is 2.42. The first-order valence-corrected chi connectivity index (χ1v) is 6.48. The van der Waals surface area contributed by atoms with E-state index in [0.717, 1.165) is 0 Å². The SMILES string of the molecule is CC(C)C(O)CNC(=O)CNC(=O)c1ccc(N)cc1. The highest BCUT2D eigenvalue weighted by molar-refractivity contribution is 5.96. The van der Waals surface area contributed by atoms with E-state index in [1.807, 2.05) is 13.8 Å². The van der Waals surface area contributed by atoms with Crippen molar-refractivity contribution in [1.29, 1.82) is 0 Å². The first-order chi connectivity index (χ1) is 9.40. The Morgan fingerprint density at radius 1 is 1.20 bits per heavy atom. The van der Waals surface area contributed by atoms with Crippen molar-refractivity contribution in [2.45, 2.75) is 20.0 Å². The summed E-state index contributed by atoms with van der Waals surface area (Å²) in [6, 6.07) is 6.41. The Morgan fingerprint density at radius 2 is 1.80 bits per heavy atom. The first kappa shape index (κ1) is 16.0. The second-order valence-corrected chi connectivity index (χ2v) is 4.92. The van der Waals surface area contributed by atoms with Crippen molar-refractivity contribution >= 4 is 17.5 Å². The summed E-state index contributed by atoms with van der Waals surface area (Å²) in [5.74, 6) is -0.613. The molecule has 1 rings (SSSR count). The summed E-state index contributed by atoms with van der Waals surface area (Å²) >= 11 is 0. The van der Waals surface area contributed by atoms with Gasteiger partial charge in [0.2, 0.25) is 5.91 Å². The number of carbonyl (C=O) groups is 2. The molecule has 0 saturated heterocycles. The Morgan fingerprint density at radius 3 is 2.35 bits per heavy atom. The van der Waals surface area contributed by atoms with Crippen molar-refractivity contribution in [3.05, 3.63) is 29.8 Å². The van der Waals surface area contributed by atoms with Gasteiger partial charge in [0.15, 0.2) is 0 Å². The average molecular weight is 279 g/mol. The zero-order valence-corrected chi connectivity index (χ0v) is 11.7. The zero-order chi connectivity index (χ0) is 15.1. The fourth-order valence-corrected chi connectivity index (χ4v) is 1.41. The number of nitrogen functional groups attached to an aromatic ring is 1. The number of anilines is 1. The monoisotopic (exact) mass is 279 g/mol. The van der Waals surface area contributed by atoms with Gasteiger partial charge in [-0.3, -0.25) is 9.59 Å². The predicted octanol–water partition coefficient (Wildman–Crippen LogP) is 0.132. The Hall–Kier alpha value is -2.08. The van der Waals surface area contributed by atoms with Gasteiger partial charge >= 0.3 is 0 Å². The number of hydrogen-bond acceptors (Lipinski definition) is 4. The molecule has 0 spiro atoms. The van der Waals surface area contributed by atoms with E-state index in [1.54, 1.807) is 24.3 Å². The number of benzene rings is 1. The lowest BCUT2D eigenvalue weighted by Crippen LogP contribution is -2.41. The lowest BCUT2D eigenvalue weighted by Gasteiger charge is -2.15. The molecular weight excluding hydrogens is 258 g/mol. The van der Waals surface area contributed by atoms with Crippen molar-refractivity contribution in [3.8, 4) is 0 Å². The molecule has 0 bridgehead atoms. The van der Waals surface area contributed by atoms with Crippen molar-refractivity contribution in [1.82, 2.24) is 10.6 Å². The van der Waals surface area contributed by atoms with Gasteiger partial charge in [0.25, 0.3) is 5.91 Å². The van der Waals surface area contributed by atoms with Gasteiger partial charge in [0, 0.05) is 17.8 Å². The van der Waals surface area contributed by atoms with Gasteiger partial charge in [-0.05, 0) is 30.2 Å². The van der Waals surface area contributed by atoms with Crippen LogP contribution >= 0.6 is 0 Å². The van der Waals surface area contributed by atoms with E-state index in [4.69, 9.17) is 5.73 Å². The number of hydrogen-bond donors (Lipinski definition) is 4. The molecule has 0 aliphatic heterocycles. The molecule has 2 amide bonds. The molecule has 0 fully saturated rings. The highest BCUT2D eigenvalue weighted by Gasteiger charge is 2.11. The van der Waals surface area contributed by atoms with Crippen LogP contribution in [-0.4, -0.2) is 36.1 Å². The van der Waals surface area contributed by atoms with Crippen LogP contribution < -0.4 is 16.4 Å². The van der Waals surface area contributed by atoms with Crippen LogP contribution in [0.5, 0.6) is 0 Å². The summed E-state index contributed by atoms with van der Waals surface area (Å²) < 4.78 is 0. The number of amides is 2. The van der Waals surface area contributed by atoms with E-state index in [2.05, 4.69) is 10.6 Å². The van der Waals surface area contributed by atoms with Crippen LogP contribution in [0.1, 0.15) is 24.2 Å². The molecule has 110 valence electrons. The number of aliphatic hydroxyl groups is 1. The number of nitrogens with one attached hydrogen (secondary N) is 2. The molecule has 5 N–H and O–H groups in total. The molecule has 0 saturated carbocycles. The Bertz CT molecular complexity index is 457. The Balaban J connectivity index is 2.34. The summed E-state index contributed by atoms with van der Waals surface area (Å²) in [5.41, 5.74) is 6.53. The quantitative estimate of drug-likeness (QED) is 0.556. The van der Waals surface area contributed by atoms with Gasteiger partial charge in [-0.1, -0.05) is 13.8 Å². The van der Waals surface area contributed by atoms with Crippen LogP contribution in [0.4, 0.5) is 5.69 Å². The van der Waals surface area contributed by atoms with Crippen LogP contribution in [0.15, 0.2) is 24.3 Å². The third-order valence-corrected chi connectivity index (χ3v) is 2.86. The third-order valence-electron chi connectivity index (χ3n) is 2.86. The second kappa shape index (κ2) is 7.49. The highest BCUT2D eigenvalue weighted by atomic mass is 16.3. The number of nitrogens with two attached hydrogens (primary N) is 1. The maximum atomic E-state index is 11.7. The second-order valence-electron chi connectivity index (χ2n) is 4.92. The zero-order valence-electron chi connectivity index (χ0n) is 11.7. The van der Waals surface area contributed by atoms with Crippen molar-refractivity contribution in [2.75, 3.05) is 18.8 Å². The molecule has 0 heterocycles. The smallest absolute Gasteiger partial charge is 0.251 e. The van der Waals surface area contributed by atoms with E-state index in [-0.39, 0.29) is 30.8 Å². The van der Waals surface area contributed by atoms with Crippen LogP contribution in [0.2, 0.25) is 0 Å². The van der Waals surface area contributed by atoms with E-state index in [0.29, 0.717) is 11.3 Å². The molecule has 1 atom stereocenters. The van der Waals surface area contributed by atoms with Crippen molar-refractivity contribution < 1.29 is 14.7 Å². The topological polar surface area (TPSA) is 104 Å². The van der Waals surface area contributed by atoms with Crippen LogP contribution in [0, 0.1) is 5.92 Å². The highest BCUT2D eigenvalue weighted by Crippen LogP contribution is 2.04. The van der Waals surface area contributed by atoms with E-state index >= 15 is 0 Å². The fraction of sp³-hybridized carbons (Fsp3) is 0.429.